The molecule has 0 radical (unpaired) electrons. The van der Waals surface area contributed by atoms with Gasteiger partial charge in [0.05, 0.1) is 0 Å². The summed E-state index contributed by atoms with van der Waals surface area (Å²) >= 11 is 0. The van der Waals surface area contributed by atoms with Gasteiger partial charge in [-0.05, 0) is 17.9 Å². The Morgan fingerprint density at radius 1 is 1.19 bits per heavy atom. The number of carbonyl (C=O) groups excluding carboxylic acids is 1. The van der Waals surface area contributed by atoms with Crippen molar-refractivity contribution in [2.45, 2.75) is 64.0 Å². The summed E-state index contributed by atoms with van der Waals surface area (Å²) in [5.41, 5.74) is 6.92. The van der Waals surface area contributed by atoms with Crippen molar-refractivity contribution < 1.29 is 9.53 Å². The molecule has 0 aromatic heterocycles. The first-order valence-electron chi connectivity index (χ1n) is 8.22. The average Bonchev–Trinajstić information content (AvgIpc) is 2.54. The number of benzene rings is 1. The largest absolute Gasteiger partial charge is 0.460 e. The SMILES string of the molecule is NC(CCCC1CCCCC1)C(=O)OCc1ccccc1. The van der Waals surface area contributed by atoms with E-state index in [-0.39, 0.29) is 5.97 Å². The summed E-state index contributed by atoms with van der Waals surface area (Å²) in [5.74, 6) is 0.578. The van der Waals surface area contributed by atoms with Gasteiger partial charge in [0.15, 0.2) is 0 Å². The second-order valence-electron chi connectivity index (χ2n) is 6.13. The molecule has 21 heavy (non-hydrogen) atoms. The first-order valence-corrected chi connectivity index (χ1v) is 8.22. The standard InChI is InChI=1S/C18H27NO2/c19-17(13-7-12-15-8-3-1-4-9-15)18(20)21-14-16-10-5-2-6-11-16/h2,5-6,10-11,15,17H,1,3-4,7-9,12-14,19H2. The van der Waals surface area contributed by atoms with E-state index in [9.17, 15) is 4.79 Å². The number of hydrogen-bond donors (Lipinski definition) is 1. The molecule has 3 nitrogen and oxygen atoms in total. The zero-order valence-electron chi connectivity index (χ0n) is 12.8. The summed E-state index contributed by atoms with van der Waals surface area (Å²) in [6.45, 7) is 0.315. The molecule has 0 amide bonds. The van der Waals surface area contributed by atoms with Gasteiger partial charge in [-0.15, -0.1) is 0 Å². The maximum atomic E-state index is 11.9. The third kappa shape index (κ3) is 5.88. The Balaban J connectivity index is 1.60. The van der Waals surface area contributed by atoms with Gasteiger partial charge in [-0.3, -0.25) is 4.79 Å². The molecule has 0 spiro atoms. The predicted octanol–water partition coefficient (Wildman–Crippen LogP) is 3.81. The monoisotopic (exact) mass is 289 g/mol. The Hall–Kier alpha value is -1.35. The minimum Gasteiger partial charge on any atom is -0.460 e. The molecule has 3 heteroatoms. The van der Waals surface area contributed by atoms with Gasteiger partial charge in [0.25, 0.3) is 0 Å². The maximum Gasteiger partial charge on any atom is 0.323 e. The fourth-order valence-electron chi connectivity index (χ4n) is 3.06. The lowest BCUT2D eigenvalue weighted by Gasteiger charge is -2.21. The van der Waals surface area contributed by atoms with E-state index in [4.69, 9.17) is 10.5 Å². The van der Waals surface area contributed by atoms with E-state index in [1.807, 2.05) is 30.3 Å². The van der Waals surface area contributed by atoms with Crippen LogP contribution in [0.1, 0.15) is 56.9 Å². The fourth-order valence-corrected chi connectivity index (χ4v) is 3.06. The summed E-state index contributed by atoms with van der Waals surface area (Å²) in [6, 6.07) is 9.24. The molecule has 1 unspecified atom stereocenters. The highest BCUT2D eigenvalue weighted by molar-refractivity contribution is 5.75. The van der Waals surface area contributed by atoms with Crippen LogP contribution in [0.4, 0.5) is 0 Å². The molecule has 1 fully saturated rings. The highest BCUT2D eigenvalue weighted by Crippen LogP contribution is 2.27. The zero-order valence-corrected chi connectivity index (χ0v) is 12.8. The highest BCUT2D eigenvalue weighted by Gasteiger charge is 2.17. The van der Waals surface area contributed by atoms with E-state index in [2.05, 4.69) is 0 Å². The molecule has 0 bridgehead atoms. The molecular weight excluding hydrogens is 262 g/mol. The topological polar surface area (TPSA) is 52.3 Å². The Morgan fingerprint density at radius 2 is 1.90 bits per heavy atom. The minimum atomic E-state index is -0.475. The van der Waals surface area contributed by atoms with Crippen LogP contribution in [0, 0.1) is 5.92 Å². The number of hydrogen-bond acceptors (Lipinski definition) is 3. The summed E-state index contributed by atoms with van der Waals surface area (Å²) in [4.78, 5) is 11.9. The van der Waals surface area contributed by atoms with Crippen molar-refractivity contribution in [3.05, 3.63) is 35.9 Å². The van der Waals surface area contributed by atoms with E-state index in [1.165, 1.54) is 38.5 Å². The molecule has 0 aliphatic heterocycles. The lowest BCUT2D eigenvalue weighted by molar-refractivity contribution is -0.146. The molecule has 2 rings (SSSR count). The summed E-state index contributed by atoms with van der Waals surface area (Å²) in [6.07, 6.45) is 9.82. The number of nitrogens with two attached hydrogens (primary N) is 1. The van der Waals surface area contributed by atoms with Crippen molar-refractivity contribution in [2.75, 3.05) is 0 Å². The lowest BCUT2D eigenvalue weighted by atomic mass is 9.85. The zero-order chi connectivity index (χ0) is 14.9. The smallest absolute Gasteiger partial charge is 0.323 e. The van der Waals surface area contributed by atoms with Crippen molar-refractivity contribution in [1.29, 1.82) is 0 Å². The first kappa shape index (κ1) is 16.0. The van der Waals surface area contributed by atoms with Crippen LogP contribution in [0.5, 0.6) is 0 Å². The second-order valence-corrected chi connectivity index (χ2v) is 6.13. The minimum absolute atomic E-state index is 0.275. The van der Waals surface area contributed by atoms with Gasteiger partial charge < -0.3 is 10.5 Å². The Kier molecular flexibility index (Phi) is 6.74. The van der Waals surface area contributed by atoms with Crippen molar-refractivity contribution in [3.8, 4) is 0 Å². The average molecular weight is 289 g/mol. The molecule has 1 aliphatic carbocycles. The highest BCUT2D eigenvalue weighted by atomic mass is 16.5. The van der Waals surface area contributed by atoms with Crippen molar-refractivity contribution in [1.82, 2.24) is 0 Å². The number of esters is 1. The molecule has 1 aromatic rings. The third-order valence-corrected chi connectivity index (χ3v) is 4.38. The molecule has 0 heterocycles. The van der Waals surface area contributed by atoms with E-state index in [0.29, 0.717) is 6.61 Å². The van der Waals surface area contributed by atoms with Gasteiger partial charge in [-0.2, -0.15) is 0 Å². The summed E-state index contributed by atoms with van der Waals surface area (Å²) in [7, 11) is 0. The van der Waals surface area contributed by atoms with Crippen LogP contribution >= 0.6 is 0 Å². The van der Waals surface area contributed by atoms with Gasteiger partial charge in [-0.25, -0.2) is 0 Å². The quantitative estimate of drug-likeness (QED) is 0.777. The van der Waals surface area contributed by atoms with E-state index >= 15 is 0 Å². The number of ether oxygens (including phenoxy) is 1. The summed E-state index contributed by atoms with van der Waals surface area (Å²) in [5, 5.41) is 0. The second kappa shape index (κ2) is 8.83. The van der Waals surface area contributed by atoms with Gasteiger partial charge in [0.2, 0.25) is 0 Å². The van der Waals surface area contributed by atoms with Crippen LogP contribution < -0.4 is 5.73 Å². The normalized spacial score (nSPS) is 17.4. The Labute approximate surface area is 127 Å². The van der Waals surface area contributed by atoms with Crippen LogP contribution in [0.3, 0.4) is 0 Å². The van der Waals surface area contributed by atoms with Gasteiger partial charge in [0.1, 0.15) is 12.6 Å². The lowest BCUT2D eigenvalue weighted by Crippen LogP contribution is -2.32. The van der Waals surface area contributed by atoms with Gasteiger partial charge in [0, 0.05) is 0 Å². The summed E-state index contributed by atoms with van der Waals surface area (Å²) < 4.78 is 5.27. The van der Waals surface area contributed by atoms with Crippen LogP contribution in [-0.2, 0) is 16.1 Å². The third-order valence-electron chi connectivity index (χ3n) is 4.38. The predicted molar refractivity (Wildman–Crippen MR) is 84.6 cm³/mol. The Morgan fingerprint density at radius 3 is 2.62 bits per heavy atom. The van der Waals surface area contributed by atoms with E-state index < -0.39 is 6.04 Å². The van der Waals surface area contributed by atoms with Gasteiger partial charge in [-0.1, -0.05) is 75.3 Å². The van der Waals surface area contributed by atoms with Crippen molar-refractivity contribution in [2.24, 2.45) is 11.7 Å². The van der Waals surface area contributed by atoms with Crippen LogP contribution in [0.15, 0.2) is 30.3 Å². The van der Waals surface area contributed by atoms with Crippen LogP contribution in [-0.4, -0.2) is 12.0 Å². The van der Waals surface area contributed by atoms with Crippen LogP contribution in [0.25, 0.3) is 0 Å². The van der Waals surface area contributed by atoms with Crippen molar-refractivity contribution in [3.63, 3.8) is 0 Å². The van der Waals surface area contributed by atoms with E-state index in [1.54, 1.807) is 0 Å². The van der Waals surface area contributed by atoms with Gasteiger partial charge >= 0.3 is 5.97 Å². The van der Waals surface area contributed by atoms with Crippen LogP contribution in [0.2, 0.25) is 0 Å². The van der Waals surface area contributed by atoms with Crippen molar-refractivity contribution >= 4 is 5.97 Å². The molecule has 1 saturated carbocycles. The van der Waals surface area contributed by atoms with E-state index in [0.717, 1.165) is 24.3 Å². The maximum absolute atomic E-state index is 11.9. The number of rotatable bonds is 7. The molecule has 2 N–H and O–H groups in total. The number of carbonyl (C=O) groups is 1. The Bertz CT molecular complexity index is 412. The fraction of sp³-hybridized carbons (Fsp3) is 0.611. The molecule has 1 aromatic carbocycles. The first-order chi connectivity index (χ1) is 10.3. The molecule has 1 aliphatic rings. The molecule has 1 atom stereocenters. The molecular formula is C18H27NO2. The molecule has 0 saturated heterocycles. The molecule has 116 valence electrons.